The zero-order valence-electron chi connectivity index (χ0n) is 12.5. The number of hydrogen-bond acceptors (Lipinski definition) is 2. The van der Waals surface area contributed by atoms with Gasteiger partial charge < -0.3 is 10.2 Å². The van der Waals surface area contributed by atoms with Gasteiger partial charge in [-0.15, -0.1) is 0 Å². The molecule has 0 aliphatic rings. The Labute approximate surface area is 122 Å². The first-order chi connectivity index (χ1) is 9.75. The first kappa shape index (κ1) is 14.6. The molecule has 0 unspecified atom stereocenters. The molecule has 0 aliphatic carbocycles. The minimum absolute atomic E-state index is 1.02. The van der Waals surface area contributed by atoms with Crippen LogP contribution >= 0.6 is 0 Å². The summed E-state index contributed by atoms with van der Waals surface area (Å²) in [6.07, 6.45) is 1.15. The molecule has 0 aromatic heterocycles. The molecule has 2 aromatic carbocycles. The van der Waals surface area contributed by atoms with E-state index in [4.69, 9.17) is 0 Å². The second-order valence-electron chi connectivity index (χ2n) is 5.31. The van der Waals surface area contributed by atoms with Crippen molar-refractivity contribution in [3.05, 3.63) is 65.7 Å². The van der Waals surface area contributed by atoms with Gasteiger partial charge in [-0.25, -0.2) is 0 Å². The van der Waals surface area contributed by atoms with Crippen LogP contribution in [0.2, 0.25) is 0 Å². The van der Waals surface area contributed by atoms with Crippen LogP contribution in [-0.2, 0) is 6.54 Å². The lowest BCUT2D eigenvalue weighted by molar-refractivity contribution is 0.325. The maximum absolute atomic E-state index is 3.45. The predicted molar refractivity (Wildman–Crippen MR) is 87.1 cm³/mol. The van der Waals surface area contributed by atoms with Gasteiger partial charge in [0, 0.05) is 18.8 Å². The van der Waals surface area contributed by atoms with Gasteiger partial charge in [-0.2, -0.15) is 0 Å². The number of aryl methyl sites for hydroxylation is 1. The molecule has 2 rings (SSSR count). The van der Waals surface area contributed by atoms with E-state index in [1.54, 1.807) is 0 Å². The average molecular weight is 268 g/mol. The van der Waals surface area contributed by atoms with Gasteiger partial charge in [0.05, 0.1) is 0 Å². The van der Waals surface area contributed by atoms with Crippen molar-refractivity contribution in [3.63, 3.8) is 0 Å². The van der Waals surface area contributed by atoms with Crippen molar-refractivity contribution >= 4 is 5.69 Å². The molecule has 0 aliphatic heterocycles. The molecule has 0 fully saturated rings. The molecule has 0 heterocycles. The molecule has 0 radical (unpaired) electrons. The van der Waals surface area contributed by atoms with Crippen molar-refractivity contribution in [1.82, 2.24) is 4.90 Å². The van der Waals surface area contributed by atoms with Crippen LogP contribution in [-0.4, -0.2) is 25.0 Å². The summed E-state index contributed by atoms with van der Waals surface area (Å²) in [5.74, 6) is 0. The van der Waals surface area contributed by atoms with Gasteiger partial charge in [-0.1, -0.05) is 42.5 Å². The first-order valence-electron chi connectivity index (χ1n) is 7.27. The molecule has 0 spiro atoms. The van der Waals surface area contributed by atoms with Crippen molar-refractivity contribution in [3.8, 4) is 0 Å². The molecular weight excluding hydrogens is 244 g/mol. The van der Waals surface area contributed by atoms with Gasteiger partial charge in [0.2, 0.25) is 0 Å². The number of rotatable bonds is 7. The quantitative estimate of drug-likeness (QED) is 0.765. The smallest absolute Gasteiger partial charge is 0.0340 e. The largest absolute Gasteiger partial charge is 0.385 e. The minimum Gasteiger partial charge on any atom is -0.385 e. The Balaban J connectivity index is 1.68. The Morgan fingerprint density at radius 3 is 2.40 bits per heavy atom. The summed E-state index contributed by atoms with van der Waals surface area (Å²) in [6.45, 7) is 5.33. The Bertz CT molecular complexity index is 508. The summed E-state index contributed by atoms with van der Waals surface area (Å²) >= 11 is 0. The fraction of sp³-hybridized carbons (Fsp3) is 0.333. The molecule has 1 N–H and O–H groups in total. The van der Waals surface area contributed by atoms with Crippen LogP contribution in [0.5, 0.6) is 0 Å². The van der Waals surface area contributed by atoms with Gasteiger partial charge >= 0.3 is 0 Å². The average Bonchev–Trinajstić information content (AvgIpc) is 2.47. The van der Waals surface area contributed by atoms with Gasteiger partial charge in [0.25, 0.3) is 0 Å². The number of anilines is 1. The molecule has 0 atom stereocenters. The lowest BCUT2D eigenvalue weighted by Crippen LogP contribution is -2.21. The summed E-state index contributed by atoms with van der Waals surface area (Å²) in [6, 6.07) is 19.0. The molecule has 106 valence electrons. The van der Waals surface area contributed by atoms with E-state index in [0.717, 1.165) is 26.1 Å². The summed E-state index contributed by atoms with van der Waals surface area (Å²) in [5, 5.41) is 3.45. The van der Waals surface area contributed by atoms with Crippen LogP contribution in [0, 0.1) is 6.92 Å². The van der Waals surface area contributed by atoms with Gasteiger partial charge in [-0.05, 0) is 50.2 Å². The van der Waals surface area contributed by atoms with Crippen LogP contribution in [0.15, 0.2) is 54.6 Å². The molecule has 2 aromatic rings. The second-order valence-corrected chi connectivity index (χ2v) is 5.31. The number of hydrogen-bond donors (Lipinski definition) is 1. The van der Waals surface area contributed by atoms with Crippen molar-refractivity contribution in [2.45, 2.75) is 19.9 Å². The lowest BCUT2D eigenvalue weighted by atomic mass is 10.1. The van der Waals surface area contributed by atoms with Crippen LogP contribution in [0.3, 0.4) is 0 Å². The van der Waals surface area contributed by atoms with Crippen molar-refractivity contribution in [1.29, 1.82) is 0 Å². The molecule has 0 saturated heterocycles. The Hall–Kier alpha value is -1.80. The van der Waals surface area contributed by atoms with E-state index < -0.39 is 0 Å². The molecule has 0 saturated carbocycles. The Kier molecular flexibility index (Phi) is 5.63. The number of benzene rings is 2. The molecule has 20 heavy (non-hydrogen) atoms. The van der Waals surface area contributed by atoms with Gasteiger partial charge in [-0.3, -0.25) is 0 Å². The van der Waals surface area contributed by atoms with Crippen LogP contribution in [0.4, 0.5) is 5.69 Å². The van der Waals surface area contributed by atoms with Crippen LogP contribution in [0.1, 0.15) is 17.5 Å². The normalized spacial score (nSPS) is 10.8. The zero-order valence-corrected chi connectivity index (χ0v) is 12.5. The third kappa shape index (κ3) is 4.71. The van der Waals surface area contributed by atoms with Crippen molar-refractivity contribution < 1.29 is 0 Å². The van der Waals surface area contributed by atoms with Crippen molar-refractivity contribution in [2.24, 2.45) is 0 Å². The fourth-order valence-electron chi connectivity index (χ4n) is 2.30. The summed E-state index contributed by atoms with van der Waals surface area (Å²) in [7, 11) is 2.19. The highest BCUT2D eigenvalue weighted by atomic mass is 15.1. The topological polar surface area (TPSA) is 15.3 Å². The number of para-hydroxylation sites is 1. The monoisotopic (exact) mass is 268 g/mol. The summed E-state index contributed by atoms with van der Waals surface area (Å²) in [4.78, 5) is 2.38. The first-order valence-corrected chi connectivity index (χ1v) is 7.27. The Morgan fingerprint density at radius 1 is 0.950 bits per heavy atom. The van der Waals surface area contributed by atoms with E-state index in [1.165, 1.54) is 16.8 Å². The Morgan fingerprint density at radius 2 is 1.65 bits per heavy atom. The number of nitrogens with one attached hydrogen (secondary N) is 1. The van der Waals surface area contributed by atoms with Gasteiger partial charge in [0.15, 0.2) is 0 Å². The second kappa shape index (κ2) is 7.71. The molecule has 0 bridgehead atoms. The van der Waals surface area contributed by atoms with Crippen LogP contribution in [0.25, 0.3) is 0 Å². The third-order valence-electron chi connectivity index (χ3n) is 3.52. The maximum atomic E-state index is 3.45. The zero-order chi connectivity index (χ0) is 14.2. The molecule has 2 nitrogen and oxygen atoms in total. The third-order valence-corrected chi connectivity index (χ3v) is 3.52. The standard InChI is InChI=1S/C18H24N2/c1-16-9-6-7-10-17(16)15-20(2)14-8-13-19-18-11-4-3-5-12-18/h3-7,9-12,19H,8,13-15H2,1-2H3. The van der Waals surface area contributed by atoms with Gasteiger partial charge in [0.1, 0.15) is 0 Å². The van der Waals surface area contributed by atoms with E-state index in [9.17, 15) is 0 Å². The number of nitrogens with zero attached hydrogens (tertiary/aromatic N) is 1. The van der Waals surface area contributed by atoms with E-state index in [2.05, 4.69) is 72.7 Å². The van der Waals surface area contributed by atoms with E-state index in [-0.39, 0.29) is 0 Å². The predicted octanol–water partition coefficient (Wildman–Crippen LogP) is 3.93. The summed E-state index contributed by atoms with van der Waals surface area (Å²) in [5.41, 5.74) is 4.00. The van der Waals surface area contributed by atoms with Crippen molar-refractivity contribution in [2.75, 3.05) is 25.5 Å². The van der Waals surface area contributed by atoms with Crippen LogP contribution < -0.4 is 5.32 Å². The van der Waals surface area contributed by atoms with E-state index >= 15 is 0 Å². The molecule has 0 amide bonds. The summed E-state index contributed by atoms with van der Waals surface area (Å²) < 4.78 is 0. The minimum atomic E-state index is 1.02. The van der Waals surface area contributed by atoms with E-state index in [1.807, 2.05) is 6.07 Å². The highest BCUT2D eigenvalue weighted by molar-refractivity contribution is 5.42. The highest BCUT2D eigenvalue weighted by Crippen LogP contribution is 2.10. The fourth-order valence-corrected chi connectivity index (χ4v) is 2.30. The maximum Gasteiger partial charge on any atom is 0.0340 e. The lowest BCUT2D eigenvalue weighted by Gasteiger charge is -2.18. The SMILES string of the molecule is Cc1ccccc1CN(C)CCCNc1ccccc1. The molecular formula is C18H24N2. The van der Waals surface area contributed by atoms with E-state index in [0.29, 0.717) is 0 Å². The molecule has 2 heteroatoms. The highest BCUT2D eigenvalue weighted by Gasteiger charge is 2.02.